The number of anilines is 2. The lowest BCUT2D eigenvalue weighted by Crippen LogP contribution is -2.32. The van der Waals surface area contributed by atoms with Gasteiger partial charge in [0.25, 0.3) is 5.56 Å². The minimum Gasteiger partial charge on any atom is -0.496 e. The normalized spacial score (nSPS) is 10.3. The Morgan fingerprint density at radius 1 is 1.36 bits per heavy atom. The Kier molecular flexibility index (Phi) is 4.07. The second-order valence-electron chi connectivity index (χ2n) is 4.83. The van der Waals surface area contributed by atoms with Gasteiger partial charge in [-0.05, 0) is 24.3 Å². The van der Waals surface area contributed by atoms with Gasteiger partial charge < -0.3 is 20.1 Å². The molecular formula is C15H17N3O4. The summed E-state index contributed by atoms with van der Waals surface area (Å²) in [4.78, 5) is 24.1. The number of carboxylic acid groups (broad SMARTS) is 1. The Morgan fingerprint density at radius 2 is 2.05 bits per heavy atom. The van der Waals surface area contributed by atoms with Gasteiger partial charge in [-0.2, -0.15) is 0 Å². The van der Waals surface area contributed by atoms with Crippen molar-refractivity contribution in [2.75, 3.05) is 24.8 Å². The smallest absolute Gasteiger partial charge is 0.411 e. The number of nitrogens with two attached hydrogens (primary N) is 1. The number of rotatable bonds is 3. The van der Waals surface area contributed by atoms with Gasteiger partial charge >= 0.3 is 6.09 Å². The highest BCUT2D eigenvalue weighted by Crippen LogP contribution is 2.32. The van der Waals surface area contributed by atoms with Gasteiger partial charge in [0.2, 0.25) is 0 Å². The number of aromatic nitrogens is 1. The van der Waals surface area contributed by atoms with E-state index in [9.17, 15) is 9.59 Å². The molecule has 1 amide bonds. The van der Waals surface area contributed by atoms with Gasteiger partial charge in [-0.15, -0.1) is 0 Å². The van der Waals surface area contributed by atoms with Crippen molar-refractivity contribution in [2.45, 2.75) is 0 Å². The first-order valence-electron chi connectivity index (χ1n) is 6.46. The Hall–Kier alpha value is -2.96. The molecule has 116 valence electrons. The van der Waals surface area contributed by atoms with Crippen molar-refractivity contribution >= 4 is 17.5 Å². The summed E-state index contributed by atoms with van der Waals surface area (Å²) in [5.41, 5.74) is 7.30. The van der Waals surface area contributed by atoms with Crippen LogP contribution in [0, 0.1) is 0 Å². The lowest BCUT2D eigenvalue weighted by molar-refractivity contribution is 0.203. The van der Waals surface area contributed by atoms with E-state index in [1.54, 1.807) is 31.4 Å². The van der Waals surface area contributed by atoms with Gasteiger partial charge in [0.05, 0.1) is 7.11 Å². The highest BCUT2D eigenvalue weighted by Gasteiger charge is 2.16. The zero-order valence-corrected chi connectivity index (χ0v) is 12.5. The van der Waals surface area contributed by atoms with Gasteiger partial charge in [0, 0.05) is 37.1 Å². The van der Waals surface area contributed by atoms with Crippen LogP contribution in [0.4, 0.5) is 16.2 Å². The van der Waals surface area contributed by atoms with E-state index in [2.05, 4.69) is 0 Å². The molecule has 0 bridgehead atoms. The molecule has 7 heteroatoms. The first-order valence-corrected chi connectivity index (χ1v) is 6.46. The summed E-state index contributed by atoms with van der Waals surface area (Å²) in [6.45, 7) is 0. The molecule has 0 aliphatic carbocycles. The summed E-state index contributed by atoms with van der Waals surface area (Å²) < 4.78 is 6.63. The van der Waals surface area contributed by atoms with Crippen molar-refractivity contribution in [1.82, 2.24) is 4.57 Å². The number of aryl methyl sites for hydroxylation is 1. The lowest BCUT2D eigenvalue weighted by Gasteiger charge is -2.16. The molecular weight excluding hydrogens is 286 g/mol. The first kappa shape index (κ1) is 15.4. The number of nitrogens with zero attached hydrogens (tertiary/aromatic N) is 2. The molecule has 0 aliphatic heterocycles. The highest BCUT2D eigenvalue weighted by atomic mass is 16.5. The van der Waals surface area contributed by atoms with Crippen LogP contribution in [-0.4, -0.2) is 29.9 Å². The topological polar surface area (TPSA) is 97.8 Å². The van der Waals surface area contributed by atoms with Crippen LogP contribution in [0.3, 0.4) is 0 Å². The molecule has 2 rings (SSSR count). The van der Waals surface area contributed by atoms with E-state index in [1.807, 2.05) is 0 Å². The molecule has 0 saturated heterocycles. The predicted octanol–water partition coefficient (Wildman–Crippen LogP) is 1.76. The number of hydrogen-bond acceptors (Lipinski definition) is 4. The third-order valence-corrected chi connectivity index (χ3v) is 3.35. The second-order valence-corrected chi connectivity index (χ2v) is 4.83. The average Bonchev–Trinajstić information content (AvgIpc) is 2.49. The zero-order valence-electron chi connectivity index (χ0n) is 12.5. The Bertz CT molecular complexity index is 783. The van der Waals surface area contributed by atoms with Crippen molar-refractivity contribution in [1.29, 1.82) is 0 Å². The number of ether oxygens (including phenoxy) is 1. The van der Waals surface area contributed by atoms with Crippen LogP contribution in [0.2, 0.25) is 0 Å². The molecule has 0 aliphatic rings. The molecule has 7 nitrogen and oxygen atoms in total. The molecule has 0 radical (unpaired) electrons. The third kappa shape index (κ3) is 2.73. The molecule has 0 spiro atoms. The fourth-order valence-electron chi connectivity index (χ4n) is 2.14. The standard InChI is InChI=1S/C15H17N3O4/c1-17-8-9(6-12(14(17)19)18(2)15(20)21)11-7-10(16)4-5-13(11)22-3/h4-8H,16H2,1-3H3,(H,20,21). The number of nitrogen functional groups attached to an aromatic ring is 1. The first-order chi connectivity index (χ1) is 10.3. The van der Waals surface area contributed by atoms with Crippen molar-refractivity contribution in [2.24, 2.45) is 7.05 Å². The van der Waals surface area contributed by atoms with Crippen molar-refractivity contribution < 1.29 is 14.6 Å². The van der Waals surface area contributed by atoms with E-state index in [1.165, 1.54) is 24.8 Å². The van der Waals surface area contributed by atoms with E-state index in [-0.39, 0.29) is 5.69 Å². The summed E-state index contributed by atoms with van der Waals surface area (Å²) >= 11 is 0. The van der Waals surface area contributed by atoms with Crippen LogP contribution in [-0.2, 0) is 7.05 Å². The maximum Gasteiger partial charge on any atom is 0.411 e. The molecule has 0 unspecified atom stereocenters. The average molecular weight is 303 g/mol. The molecule has 1 aromatic carbocycles. The fraction of sp³-hybridized carbons (Fsp3) is 0.200. The number of amides is 1. The summed E-state index contributed by atoms with van der Waals surface area (Å²) in [5.74, 6) is 0.580. The summed E-state index contributed by atoms with van der Waals surface area (Å²) in [6.07, 6.45) is 0.396. The van der Waals surface area contributed by atoms with Crippen molar-refractivity contribution in [3.05, 3.63) is 40.8 Å². The molecule has 22 heavy (non-hydrogen) atoms. The van der Waals surface area contributed by atoms with Crippen LogP contribution in [0.1, 0.15) is 0 Å². The largest absolute Gasteiger partial charge is 0.496 e. The molecule has 1 heterocycles. The van der Waals surface area contributed by atoms with Crippen LogP contribution >= 0.6 is 0 Å². The second kappa shape index (κ2) is 5.80. The van der Waals surface area contributed by atoms with E-state index in [0.29, 0.717) is 22.6 Å². The summed E-state index contributed by atoms with van der Waals surface area (Å²) in [7, 11) is 4.41. The minimum atomic E-state index is -1.21. The van der Waals surface area contributed by atoms with Gasteiger partial charge in [-0.3, -0.25) is 9.69 Å². The molecule has 0 fully saturated rings. The van der Waals surface area contributed by atoms with Crippen LogP contribution in [0.5, 0.6) is 5.75 Å². The van der Waals surface area contributed by atoms with Crippen LogP contribution in [0.25, 0.3) is 11.1 Å². The van der Waals surface area contributed by atoms with Crippen molar-refractivity contribution in [3.8, 4) is 16.9 Å². The Morgan fingerprint density at radius 3 is 2.64 bits per heavy atom. The zero-order chi connectivity index (χ0) is 16.4. The monoisotopic (exact) mass is 303 g/mol. The lowest BCUT2D eigenvalue weighted by atomic mass is 10.0. The molecule has 0 atom stereocenters. The highest BCUT2D eigenvalue weighted by molar-refractivity contribution is 5.87. The van der Waals surface area contributed by atoms with E-state index in [0.717, 1.165) is 4.90 Å². The van der Waals surface area contributed by atoms with Crippen LogP contribution < -0.4 is 20.9 Å². The molecule has 3 N–H and O–H groups in total. The fourth-order valence-corrected chi connectivity index (χ4v) is 2.14. The summed E-state index contributed by atoms with van der Waals surface area (Å²) in [6, 6.07) is 6.64. The quantitative estimate of drug-likeness (QED) is 0.842. The maximum absolute atomic E-state index is 12.1. The maximum atomic E-state index is 12.1. The van der Waals surface area contributed by atoms with E-state index in [4.69, 9.17) is 15.6 Å². The third-order valence-electron chi connectivity index (χ3n) is 3.35. The van der Waals surface area contributed by atoms with E-state index >= 15 is 0 Å². The van der Waals surface area contributed by atoms with Gasteiger partial charge in [0.15, 0.2) is 0 Å². The summed E-state index contributed by atoms with van der Waals surface area (Å²) in [5, 5.41) is 9.09. The van der Waals surface area contributed by atoms with Crippen LogP contribution in [0.15, 0.2) is 35.3 Å². The number of benzene rings is 1. The molecule has 0 saturated carbocycles. The Balaban J connectivity index is 2.70. The Labute approximate surface area is 127 Å². The molecule has 1 aromatic heterocycles. The number of carbonyl (C=O) groups is 1. The SMILES string of the molecule is COc1ccc(N)cc1-c1cc(N(C)C(=O)O)c(=O)n(C)c1. The molecule has 2 aromatic rings. The predicted molar refractivity (Wildman–Crippen MR) is 84.5 cm³/mol. The number of pyridine rings is 1. The number of hydrogen-bond donors (Lipinski definition) is 2. The van der Waals surface area contributed by atoms with Gasteiger partial charge in [0.1, 0.15) is 11.4 Å². The van der Waals surface area contributed by atoms with Gasteiger partial charge in [-0.1, -0.05) is 0 Å². The van der Waals surface area contributed by atoms with E-state index < -0.39 is 11.7 Å². The van der Waals surface area contributed by atoms with Gasteiger partial charge in [-0.25, -0.2) is 4.79 Å². The minimum absolute atomic E-state index is 0.0528. The van der Waals surface area contributed by atoms with Crippen molar-refractivity contribution in [3.63, 3.8) is 0 Å². The number of methoxy groups -OCH3 is 1.